The highest BCUT2D eigenvalue weighted by molar-refractivity contribution is 7.89. The van der Waals surface area contributed by atoms with Crippen LogP contribution < -0.4 is 5.32 Å². The van der Waals surface area contributed by atoms with Crippen molar-refractivity contribution in [2.45, 2.75) is 50.5 Å². The van der Waals surface area contributed by atoms with Crippen LogP contribution in [0.25, 0.3) is 0 Å². The van der Waals surface area contributed by atoms with Gasteiger partial charge in [-0.25, -0.2) is 8.42 Å². The number of hydrogen-bond acceptors (Lipinski definition) is 5. The van der Waals surface area contributed by atoms with Crippen LogP contribution in [0.2, 0.25) is 0 Å². The zero-order valence-electron chi connectivity index (χ0n) is 12.6. The Morgan fingerprint density at radius 2 is 2.10 bits per heavy atom. The quantitative estimate of drug-likeness (QED) is 0.914. The lowest BCUT2D eigenvalue weighted by Gasteiger charge is -2.34. The number of piperidine rings is 1. The van der Waals surface area contributed by atoms with Crippen LogP contribution in [-0.2, 0) is 10.0 Å². The van der Waals surface area contributed by atoms with Crippen molar-refractivity contribution < 1.29 is 12.9 Å². The fourth-order valence-electron chi connectivity index (χ4n) is 3.61. The summed E-state index contributed by atoms with van der Waals surface area (Å²) in [6.07, 6.45) is 4.37. The largest absolute Gasteiger partial charge is 0.360 e. The van der Waals surface area contributed by atoms with Crippen LogP contribution in [0.15, 0.2) is 9.42 Å². The lowest BCUT2D eigenvalue weighted by Crippen LogP contribution is -2.45. The molecular weight excluding hydrogens is 290 g/mol. The molecule has 0 aromatic carbocycles. The second-order valence-electron chi connectivity index (χ2n) is 6.12. The fraction of sp³-hybridized carbons (Fsp3) is 0.786. The second-order valence-corrected chi connectivity index (χ2v) is 8.00. The smallest absolute Gasteiger partial charge is 0.248 e. The summed E-state index contributed by atoms with van der Waals surface area (Å²) in [4.78, 5) is 0.252. The molecule has 3 heterocycles. The van der Waals surface area contributed by atoms with Crippen molar-refractivity contribution in [1.29, 1.82) is 0 Å². The molecule has 0 radical (unpaired) electrons. The van der Waals surface area contributed by atoms with Crippen molar-refractivity contribution in [3.05, 3.63) is 11.5 Å². The van der Waals surface area contributed by atoms with Gasteiger partial charge in [0.15, 0.2) is 5.76 Å². The molecule has 3 rings (SSSR count). The van der Waals surface area contributed by atoms with Gasteiger partial charge in [-0.15, -0.1) is 0 Å². The van der Waals surface area contributed by atoms with E-state index in [1.54, 1.807) is 18.2 Å². The van der Waals surface area contributed by atoms with E-state index in [2.05, 4.69) is 10.5 Å². The zero-order chi connectivity index (χ0) is 15.0. The first-order valence-corrected chi connectivity index (χ1v) is 9.10. The Morgan fingerprint density at radius 3 is 2.71 bits per heavy atom. The third kappa shape index (κ3) is 2.74. The van der Waals surface area contributed by atoms with Crippen molar-refractivity contribution in [1.82, 2.24) is 14.8 Å². The molecule has 0 spiro atoms. The third-order valence-corrected chi connectivity index (χ3v) is 6.76. The van der Waals surface area contributed by atoms with Gasteiger partial charge in [-0.2, -0.15) is 4.31 Å². The predicted molar refractivity (Wildman–Crippen MR) is 78.5 cm³/mol. The Kier molecular flexibility index (Phi) is 4.07. The second kappa shape index (κ2) is 5.70. The Balaban J connectivity index is 1.82. The number of aromatic nitrogens is 1. The number of nitrogens with one attached hydrogen (secondary N) is 1. The molecular formula is C14H23N3O3S. The molecule has 7 heteroatoms. The molecule has 0 amide bonds. The first-order chi connectivity index (χ1) is 10.00. The summed E-state index contributed by atoms with van der Waals surface area (Å²) in [5, 5.41) is 7.28. The summed E-state index contributed by atoms with van der Waals surface area (Å²) in [6, 6.07) is 0.465. The van der Waals surface area contributed by atoms with Gasteiger partial charge in [-0.3, -0.25) is 0 Å². The van der Waals surface area contributed by atoms with E-state index in [-0.39, 0.29) is 4.90 Å². The van der Waals surface area contributed by atoms with Crippen LogP contribution in [0.3, 0.4) is 0 Å². The topological polar surface area (TPSA) is 75.4 Å². The van der Waals surface area contributed by atoms with Gasteiger partial charge in [0, 0.05) is 19.1 Å². The monoisotopic (exact) mass is 313 g/mol. The summed E-state index contributed by atoms with van der Waals surface area (Å²) < 4.78 is 32.4. The number of nitrogens with zero attached hydrogens (tertiary/aromatic N) is 2. The van der Waals surface area contributed by atoms with Gasteiger partial charge in [0.1, 0.15) is 10.6 Å². The number of sulfonamides is 1. The molecule has 21 heavy (non-hydrogen) atoms. The lowest BCUT2D eigenvalue weighted by molar-refractivity contribution is 0.226. The average Bonchev–Trinajstić information content (AvgIpc) is 3.09. The third-order valence-electron chi connectivity index (χ3n) is 4.65. The predicted octanol–water partition coefficient (Wildman–Crippen LogP) is 1.44. The van der Waals surface area contributed by atoms with Gasteiger partial charge in [-0.05, 0) is 52.0 Å². The first-order valence-electron chi connectivity index (χ1n) is 7.66. The molecule has 0 aliphatic carbocycles. The highest BCUT2D eigenvalue weighted by Crippen LogP contribution is 2.30. The van der Waals surface area contributed by atoms with Crippen LogP contribution in [0, 0.1) is 19.8 Å². The van der Waals surface area contributed by atoms with Gasteiger partial charge >= 0.3 is 0 Å². The standard InChI is InChI=1S/C14H23N3O3S/c1-10-14(11(2)20-16-10)21(18,19)17-8-4-5-12(9-17)13-6-3-7-15-13/h12-13,15H,3-9H2,1-2H3. The molecule has 118 valence electrons. The van der Waals surface area contributed by atoms with Gasteiger partial charge < -0.3 is 9.84 Å². The molecule has 0 saturated carbocycles. The van der Waals surface area contributed by atoms with Crippen molar-refractivity contribution in [2.75, 3.05) is 19.6 Å². The van der Waals surface area contributed by atoms with Crippen molar-refractivity contribution in [3.63, 3.8) is 0 Å². The van der Waals surface area contributed by atoms with Crippen molar-refractivity contribution in [3.8, 4) is 0 Å². The molecule has 2 fully saturated rings. The highest BCUT2D eigenvalue weighted by atomic mass is 32.2. The van der Waals surface area contributed by atoms with Crippen LogP contribution in [-0.4, -0.2) is 43.6 Å². The van der Waals surface area contributed by atoms with Gasteiger partial charge in [0.2, 0.25) is 10.0 Å². The molecule has 1 N–H and O–H groups in total. The van der Waals surface area contributed by atoms with E-state index >= 15 is 0 Å². The van der Waals surface area contributed by atoms with E-state index in [1.165, 1.54) is 6.42 Å². The number of hydrogen-bond donors (Lipinski definition) is 1. The van der Waals surface area contributed by atoms with Crippen LogP contribution in [0.4, 0.5) is 0 Å². The molecule has 2 aliphatic heterocycles. The molecule has 2 atom stereocenters. The minimum atomic E-state index is -3.49. The number of aryl methyl sites for hydroxylation is 2. The van der Waals surface area contributed by atoms with Gasteiger partial charge in [0.05, 0.1) is 0 Å². The van der Waals surface area contributed by atoms with Gasteiger partial charge in [0.25, 0.3) is 0 Å². The molecule has 1 aromatic heterocycles. The van der Waals surface area contributed by atoms with Crippen molar-refractivity contribution in [2.24, 2.45) is 5.92 Å². The summed E-state index contributed by atoms with van der Waals surface area (Å²) in [6.45, 7) is 5.59. The van der Waals surface area contributed by atoms with Crippen molar-refractivity contribution >= 4 is 10.0 Å². The molecule has 2 unspecified atom stereocenters. The summed E-state index contributed by atoms with van der Waals surface area (Å²) in [5.41, 5.74) is 0.452. The Labute approximate surface area is 125 Å². The lowest BCUT2D eigenvalue weighted by atomic mass is 9.91. The molecule has 0 bridgehead atoms. The minimum absolute atomic E-state index is 0.252. The van der Waals surface area contributed by atoms with E-state index in [0.717, 1.165) is 25.8 Å². The van der Waals surface area contributed by atoms with Gasteiger partial charge in [-0.1, -0.05) is 5.16 Å². The summed E-state index contributed by atoms with van der Waals surface area (Å²) in [7, 11) is -3.49. The first kappa shape index (κ1) is 15.0. The molecule has 2 aliphatic rings. The summed E-state index contributed by atoms with van der Waals surface area (Å²) in [5.74, 6) is 0.796. The summed E-state index contributed by atoms with van der Waals surface area (Å²) >= 11 is 0. The molecule has 1 aromatic rings. The fourth-order valence-corrected chi connectivity index (χ4v) is 5.43. The SMILES string of the molecule is Cc1noc(C)c1S(=O)(=O)N1CCCC(C2CCCN2)C1. The van der Waals surface area contributed by atoms with E-state index in [4.69, 9.17) is 4.52 Å². The van der Waals surface area contributed by atoms with Crippen LogP contribution in [0.1, 0.15) is 37.1 Å². The number of rotatable bonds is 3. The maximum atomic E-state index is 12.9. The van der Waals surface area contributed by atoms with Crippen LogP contribution in [0.5, 0.6) is 0 Å². The normalized spacial score (nSPS) is 28.1. The average molecular weight is 313 g/mol. The van der Waals surface area contributed by atoms with E-state index < -0.39 is 10.0 Å². The zero-order valence-corrected chi connectivity index (χ0v) is 13.4. The van der Waals surface area contributed by atoms with E-state index in [0.29, 0.717) is 36.5 Å². The van der Waals surface area contributed by atoms with Crippen LogP contribution >= 0.6 is 0 Å². The minimum Gasteiger partial charge on any atom is -0.360 e. The maximum Gasteiger partial charge on any atom is 0.248 e. The highest BCUT2D eigenvalue weighted by Gasteiger charge is 2.37. The molecule has 2 saturated heterocycles. The Morgan fingerprint density at radius 1 is 1.29 bits per heavy atom. The Bertz CT molecular complexity index is 585. The van der Waals surface area contributed by atoms with E-state index in [9.17, 15) is 8.42 Å². The maximum absolute atomic E-state index is 12.9. The molecule has 6 nitrogen and oxygen atoms in total. The van der Waals surface area contributed by atoms with E-state index in [1.807, 2.05) is 0 Å². The Hall–Kier alpha value is -0.920.